The van der Waals surface area contributed by atoms with Crippen molar-refractivity contribution in [3.8, 4) is 0 Å². The van der Waals surface area contributed by atoms with E-state index in [0.29, 0.717) is 13.1 Å². The van der Waals surface area contributed by atoms with E-state index in [1.807, 2.05) is 30.0 Å². The highest BCUT2D eigenvalue weighted by Crippen LogP contribution is 2.27. The number of rotatable bonds is 1. The molecule has 1 aromatic carbocycles. The van der Waals surface area contributed by atoms with Crippen LogP contribution in [0.1, 0.15) is 5.56 Å². The van der Waals surface area contributed by atoms with Crippen LogP contribution in [0.2, 0.25) is 0 Å². The van der Waals surface area contributed by atoms with Gasteiger partial charge in [-0.2, -0.15) is 0 Å². The van der Waals surface area contributed by atoms with Gasteiger partial charge in [0.05, 0.1) is 22.9 Å². The predicted octanol–water partition coefficient (Wildman–Crippen LogP) is 0.812. The summed E-state index contributed by atoms with van der Waals surface area (Å²) in [6.07, 6.45) is 0. The molecule has 1 aliphatic heterocycles. The molecule has 0 amide bonds. The second-order valence-corrected chi connectivity index (χ2v) is 6.45. The SMILES string of the molecule is Cc1cccc(N2CCS(=O)(=O)CC2)c1N. The topological polar surface area (TPSA) is 63.4 Å². The first-order chi connectivity index (χ1) is 7.49. The highest BCUT2D eigenvalue weighted by atomic mass is 32.2. The van der Waals surface area contributed by atoms with Gasteiger partial charge in [-0.1, -0.05) is 12.1 Å². The van der Waals surface area contributed by atoms with Crippen LogP contribution >= 0.6 is 0 Å². The van der Waals surface area contributed by atoms with E-state index in [1.54, 1.807) is 0 Å². The van der Waals surface area contributed by atoms with E-state index in [1.165, 1.54) is 0 Å². The van der Waals surface area contributed by atoms with E-state index in [4.69, 9.17) is 5.73 Å². The number of nitrogens with two attached hydrogens (primary N) is 1. The third kappa shape index (κ3) is 2.14. The Balaban J connectivity index is 2.24. The Morgan fingerprint density at radius 1 is 1.25 bits per heavy atom. The summed E-state index contributed by atoms with van der Waals surface area (Å²) in [4.78, 5) is 2.05. The van der Waals surface area contributed by atoms with Gasteiger partial charge in [-0.3, -0.25) is 0 Å². The molecule has 2 N–H and O–H groups in total. The van der Waals surface area contributed by atoms with Crippen LogP contribution < -0.4 is 10.6 Å². The molecule has 2 rings (SSSR count). The average molecular weight is 240 g/mol. The van der Waals surface area contributed by atoms with Gasteiger partial charge in [0.15, 0.2) is 9.84 Å². The Bertz CT molecular complexity index is 483. The van der Waals surface area contributed by atoms with Crippen LogP contribution in [0.3, 0.4) is 0 Å². The molecule has 5 heteroatoms. The molecule has 0 aliphatic carbocycles. The summed E-state index contributed by atoms with van der Waals surface area (Å²) in [6, 6.07) is 5.85. The zero-order valence-corrected chi connectivity index (χ0v) is 10.1. The van der Waals surface area contributed by atoms with E-state index in [-0.39, 0.29) is 11.5 Å². The lowest BCUT2D eigenvalue weighted by Gasteiger charge is -2.30. The first-order valence-electron chi connectivity index (χ1n) is 5.30. The quantitative estimate of drug-likeness (QED) is 0.738. The first-order valence-corrected chi connectivity index (χ1v) is 7.12. The Labute approximate surface area is 96.0 Å². The Morgan fingerprint density at radius 2 is 1.88 bits per heavy atom. The average Bonchev–Trinajstić information content (AvgIpc) is 2.23. The molecule has 0 bridgehead atoms. The summed E-state index contributed by atoms with van der Waals surface area (Å²) >= 11 is 0. The van der Waals surface area contributed by atoms with Gasteiger partial charge in [0.25, 0.3) is 0 Å². The lowest BCUT2D eigenvalue weighted by molar-refractivity contribution is 0.587. The second kappa shape index (κ2) is 3.97. The zero-order valence-electron chi connectivity index (χ0n) is 9.31. The summed E-state index contributed by atoms with van der Waals surface area (Å²) < 4.78 is 22.6. The minimum absolute atomic E-state index is 0.223. The number of aryl methyl sites for hydroxylation is 1. The fourth-order valence-corrected chi connectivity index (χ4v) is 3.10. The van der Waals surface area contributed by atoms with Crippen molar-refractivity contribution in [3.05, 3.63) is 23.8 Å². The molecule has 1 heterocycles. The molecule has 1 fully saturated rings. The van der Waals surface area contributed by atoms with Crippen molar-refractivity contribution >= 4 is 21.2 Å². The van der Waals surface area contributed by atoms with E-state index in [9.17, 15) is 8.42 Å². The van der Waals surface area contributed by atoms with Gasteiger partial charge >= 0.3 is 0 Å². The number of hydrogen-bond acceptors (Lipinski definition) is 4. The molecule has 1 saturated heterocycles. The summed E-state index contributed by atoms with van der Waals surface area (Å²) in [5, 5.41) is 0. The molecule has 16 heavy (non-hydrogen) atoms. The molecule has 4 nitrogen and oxygen atoms in total. The fraction of sp³-hybridized carbons (Fsp3) is 0.455. The van der Waals surface area contributed by atoms with Gasteiger partial charge in [0.2, 0.25) is 0 Å². The van der Waals surface area contributed by atoms with Crippen molar-refractivity contribution in [2.24, 2.45) is 0 Å². The maximum atomic E-state index is 11.3. The Hall–Kier alpha value is -1.23. The summed E-state index contributed by atoms with van der Waals surface area (Å²) in [7, 11) is -2.83. The number of nitrogens with zero attached hydrogens (tertiary/aromatic N) is 1. The molecule has 0 saturated carbocycles. The molecule has 1 aromatic rings. The van der Waals surface area contributed by atoms with Crippen molar-refractivity contribution in [1.29, 1.82) is 0 Å². The minimum Gasteiger partial charge on any atom is -0.397 e. The minimum atomic E-state index is -2.83. The monoisotopic (exact) mass is 240 g/mol. The van der Waals surface area contributed by atoms with Crippen molar-refractivity contribution in [2.45, 2.75) is 6.92 Å². The maximum absolute atomic E-state index is 11.3. The summed E-state index contributed by atoms with van der Waals surface area (Å²) in [5.41, 5.74) is 8.73. The third-order valence-electron chi connectivity index (χ3n) is 2.99. The standard InChI is InChI=1S/C11H16N2O2S/c1-9-3-2-4-10(11(9)12)13-5-7-16(14,15)8-6-13/h2-4H,5-8,12H2,1H3. The van der Waals surface area contributed by atoms with Crippen molar-refractivity contribution in [3.63, 3.8) is 0 Å². The van der Waals surface area contributed by atoms with E-state index < -0.39 is 9.84 Å². The molecule has 0 spiro atoms. The number of anilines is 2. The summed E-state index contributed by atoms with van der Waals surface area (Å²) in [6.45, 7) is 3.03. The Morgan fingerprint density at radius 3 is 2.50 bits per heavy atom. The van der Waals surface area contributed by atoms with E-state index in [2.05, 4.69) is 0 Å². The van der Waals surface area contributed by atoms with Crippen molar-refractivity contribution in [1.82, 2.24) is 0 Å². The molecule has 88 valence electrons. The van der Waals surface area contributed by atoms with Crippen molar-refractivity contribution < 1.29 is 8.42 Å². The normalized spacial score (nSPS) is 19.7. The predicted molar refractivity (Wildman–Crippen MR) is 66.5 cm³/mol. The van der Waals surface area contributed by atoms with Gasteiger partial charge in [-0.15, -0.1) is 0 Å². The van der Waals surface area contributed by atoms with Gasteiger partial charge in [0.1, 0.15) is 0 Å². The number of nitrogen functional groups attached to an aromatic ring is 1. The first kappa shape index (κ1) is 11.3. The smallest absolute Gasteiger partial charge is 0.153 e. The van der Waals surface area contributed by atoms with Gasteiger partial charge in [-0.05, 0) is 18.6 Å². The van der Waals surface area contributed by atoms with Crippen molar-refractivity contribution in [2.75, 3.05) is 35.2 Å². The van der Waals surface area contributed by atoms with Crippen LogP contribution in [0.5, 0.6) is 0 Å². The van der Waals surface area contributed by atoms with Gasteiger partial charge in [0, 0.05) is 13.1 Å². The number of para-hydroxylation sites is 1. The van der Waals surface area contributed by atoms with E-state index >= 15 is 0 Å². The number of benzene rings is 1. The van der Waals surface area contributed by atoms with Crippen LogP contribution in [0.25, 0.3) is 0 Å². The largest absolute Gasteiger partial charge is 0.397 e. The third-order valence-corrected chi connectivity index (χ3v) is 4.60. The van der Waals surface area contributed by atoms with Crippen LogP contribution in [-0.4, -0.2) is 33.0 Å². The highest BCUT2D eigenvalue weighted by Gasteiger charge is 2.22. The van der Waals surface area contributed by atoms with Crippen LogP contribution in [-0.2, 0) is 9.84 Å². The Kier molecular flexibility index (Phi) is 2.80. The van der Waals surface area contributed by atoms with Crippen LogP contribution in [0.15, 0.2) is 18.2 Å². The van der Waals surface area contributed by atoms with Crippen LogP contribution in [0, 0.1) is 6.92 Å². The fourth-order valence-electron chi connectivity index (χ4n) is 1.89. The molecule has 0 radical (unpaired) electrons. The lowest BCUT2D eigenvalue weighted by Crippen LogP contribution is -2.40. The second-order valence-electron chi connectivity index (χ2n) is 4.15. The van der Waals surface area contributed by atoms with E-state index in [0.717, 1.165) is 16.9 Å². The summed E-state index contributed by atoms with van der Waals surface area (Å²) in [5.74, 6) is 0.445. The maximum Gasteiger partial charge on any atom is 0.153 e. The van der Waals surface area contributed by atoms with Gasteiger partial charge < -0.3 is 10.6 Å². The molecular weight excluding hydrogens is 224 g/mol. The molecule has 0 aromatic heterocycles. The molecule has 0 unspecified atom stereocenters. The lowest BCUT2D eigenvalue weighted by atomic mass is 10.1. The number of hydrogen-bond donors (Lipinski definition) is 1. The van der Waals surface area contributed by atoms with Gasteiger partial charge in [-0.25, -0.2) is 8.42 Å². The number of sulfone groups is 1. The molecule has 1 aliphatic rings. The highest BCUT2D eigenvalue weighted by molar-refractivity contribution is 7.91. The molecular formula is C11H16N2O2S. The zero-order chi connectivity index (χ0) is 11.8. The van der Waals surface area contributed by atoms with Crippen LogP contribution in [0.4, 0.5) is 11.4 Å². The molecule has 0 atom stereocenters.